The Morgan fingerprint density at radius 2 is 2.22 bits per heavy atom. The monoisotopic (exact) mass is 329 g/mol. The van der Waals surface area contributed by atoms with Crippen molar-refractivity contribution in [2.24, 2.45) is 5.92 Å². The fourth-order valence-electron chi connectivity index (χ4n) is 1.88. The molecular weight excluding hydrogens is 314 g/mol. The second-order valence-electron chi connectivity index (χ2n) is 5.32. The van der Waals surface area contributed by atoms with E-state index in [0.29, 0.717) is 35.1 Å². The third-order valence-corrected chi connectivity index (χ3v) is 3.14. The molecule has 0 unspecified atom stereocenters. The number of aromatic carboxylic acids is 1. The summed E-state index contributed by atoms with van der Waals surface area (Å²) in [6.45, 7) is 4.54. The first-order valence-electron chi connectivity index (χ1n) is 6.92. The molecule has 0 saturated heterocycles. The van der Waals surface area contributed by atoms with Crippen LogP contribution in [0.2, 0.25) is 0 Å². The highest BCUT2D eigenvalue weighted by Crippen LogP contribution is 2.26. The minimum atomic E-state index is -1.13. The molecule has 0 aliphatic rings. The molecule has 0 saturated carbocycles. The van der Waals surface area contributed by atoms with Crippen LogP contribution in [0, 0.1) is 22.0 Å². The third kappa shape index (κ3) is 4.14. The molecule has 6 nitrogen and oxygen atoms in total. The zero-order valence-corrected chi connectivity index (χ0v) is 13.5. The molecule has 7 heteroatoms. The number of aromatic nitrogens is 2. The van der Waals surface area contributed by atoms with E-state index in [1.165, 1.54) is 6.07 Å². The summed E-state index contributed by atoms with van der Waals surface area (Å²) in [4.78, 5) is 17.7. The molecule has 2 aromatic rings. The Hall–Kier alpha value is -2.72. The summed E-state index contributed by atoms with van der Waals surface area (Å²) >= 11 is 4.94. The zero-order chi connectivity index (χ0) is 17.0. The minimum Gasteiger partial charge on any atom is -0.492 e. The van der Waals surface area contributed by atoms with Gasteiger partial charge in [0, 0.05) is 5.56 Å². The lowest BCUT2D eigenvalue weighted by molar-refractivity contribution is 0.0690. The second-order valence-corrected chi connectivity index (χ2v) is 5.70. The molecule has 23 heavy (non-hydrogen) atoms. The molecule has 1 aromatic heterocycles. The van der Waals surface area contributed by atoms with Crippen molar-refractivity contribution in [3.8, 4) is 23.1 Å². The van der Waals surface area contributed by atoms with Crippen molar-refractivity contribution in [1.29, 1.82) is 5.26 Å². The largest absolute Gasteiger partial charge is 0.492 e. The quantitative estimate of drug-likeness (QED) is 0.816. The summed E-state index contributed by atoms with van der Waals surface area (Å²) in [6, 6.07) is 8.47. The molecule has 0 aliphatic carbocycles. The van der Waals surface area contributed by atoms with Gasteiger partial charge < -0.3 is 14.8 Å². The van der Waals surface area contributed by atoms with E-state index in [1.54, 1.807) is 18.2 Å². The molecule has 0 bridgehead atoms. The Morgan fingerprint density at radius 1 is 1.48 bits per heavy atom. The molecule has 0 spiro atoms. The Bertz CT molecular complexity index is 837. The van der Waals surface area contributed by atoms with Gasteiger partial charge in [-0.15, -0.1) is 0 Å². The topological polar surface area (TPSA) is 99.0 Å². The number of carbonyl (C=O) groups is 1. The van der Waals surface area contributed by atoms with E-state index >= 15 is 0 Å². The van der Waals surface area contributed by atoms with E-state index in [-0.39, 0.29) is 10.5 Å². The number of hydrogen-bond donors (Lipinski definition) is 2. The van der Waals surface area contributed by atoms with Gasteiger partial charge in [-0.1, -0.05) is 13.8 Å². The third-order valence-electron chi connectivity index (χ3n) is 2.94. The van der Waals surface area contributed by atoms with Crippen molar-refractivity contribution in [2.45, 2.75) is 13.8 Å². The van der Waals surface area contributed by atoms with Crippen LogP contribution in [0.4, 0.5) is 0 Å². The Kier molecular flexibility index (Phi) is 5.09. The van der Waals surface area contributed by atoms with Crippen molar-refractivity contribution < 1.29 is 14.6 Å². The Labute approximate surface area is 138 Å². The number of carboxylic acid groups (broad SMARTS) is 1. The van der Waals surface area contributed by atoms with E-state index in [4.69, 9.17) is 22.1 Å². The number of nitriles is 1. The SMILES string of the molecule is CC(C)COc1ccc(-c2cc(C(=O)O)[nH]c(=S)n2)cc1C#N. The standard InChI is InChI=1S/C16H15N3O3S/c1-9(2)8-22-14-4-3-10(5-11(14)7-17)12-6-13(15(20)21)19-16(23)18-12/h3-6,9H,8H2,1-2H3,(H,20,21)(H,18,19,23). The maximum absolute atomic E-state index is 11.1. The number of nitrogens with zero attached hydrogens (tertiary/aromatic N) is 2. The second kappa shape index (κ2) is 7.03. The maximum Gasteiger partial charge on any atom is 0.352 e. The van der Waals surface area contributed by atoms with E-state index in [9.17, 15) is 10.1 Å². The normalized spacial score (nSPS) is 10.3. The average molecular weight is 329 g/mol. The van der Waals surface area contributed by atoms with Crippen LogP contribution in [-0.2, 0) is 0 Å². The number of ether oxygens (including phenoxy) is 1. The molecular formula is C16H15N3O3S. The highest BCUT2D eigenvalue weighted by Gasteiger charge is 2.11. The van der Waals surface area contributed by atoms with Gasteiger partial charge in [0.25, 0.3) is 0 Å². The van der Waals surface area contributed by atoms with Gasteiger partial charge in [-0.05, 0) is 42.4 Å². The lowest BCUT2D eigenvalue weighted by Crippen LogP contribution is -2.06. The van der Waals surface area contributed by atoms with Crippen LogP contribution in [0.5, 0.6) is 5.75 Å². The number of aromatic amines is 1. The lowest BCUT2D eigenvalue weighted by atomic mass is 10.1. The predicted octanol–water partition coefficient (Wildman–Crippen LogP) is 3.41. The zero-order valence-electron chi connectivity index (χ0n) is 12.7. The average Bonchev–Trinajstić information content (AvgIpc) is 2.52. The van der Waals surface area contributed by atoms with E-state index in [1.807, 2.05) is 13.8 Å². The van der Waals surface area contributed by atoms with Gasteiger partial charge >= 0.3 is 5.97 Å². The summed E-state index contributed by atoms with van der Waals surface area (Å²) in [7, 11) is 0. The first kappa shape index (κ1) is 16.6. The smallest absolute Gasteiger partial charge is 0.352 e. The molecule has 0 aliphatic heterocycles. The summed E-state index contributed by atoms with van der Waals surface area (Å²) < 4.78 is 5.67. The van der Waals surface area contributed by atoms with Crippen LogP contribution in [0.1, 0.15) is 29.9 Å². The number of H-pyrrole nitrogens is 1. The van der Waals surface area contributed by atoms with E-state index < -0.39 is 5.97 Å². The van der Waals surface area contributed by atoms with Crippen molar-refractivity contribution in [3.05, 3.63) is 40.3 Å². The molecule has 2 N–H and O–H groups in total. The molecule has 0 fully saturated rings. The minimum absolute atomic E-state index is 0.0568. The van der Waals surface area contributed by atoms with Crippen LogP contribution < -0.4 is 4.74 Å². The summed E-state index contributed by atoms with van der Waals surface area (Å²) in [5, 5.41) is 18.4. The van der Waals surface area contributed by atoms with Crippen molar-refractivity contribution >= 4 is 18.2 Å². The van der Waals surface area contributed by atoms with Crippen LogP contribution >= 0.6 is 12.2 Å². The molecule has 0 atom stereocenters. The van der Waals surface area contributed by atoms with Crippen molar-refractivity contribution in [1.82, 2.24) is 9.97 Å². The van der Waals surface area contributed by atoms with Gasteiger partial charge in [-0.25, -0.2) is 9.78 Å². The molecule has 2 rings (SSSR count). The van der Waals surface area contributed by atoms with Gasteiger partial charge in [0.1, 0.15) is 17.5 Å². The first-order valence-corrected chi connectivity index (χ1v) is 7.33. The summed E-state index contributed by atoms with van der Waals surface area (Å²) in [6.07, 6.45) is 0. The molecule has 118 valence electrons. The maximum atomic E-state index is 11.1. The lowest BCUT2D eigenvalue weighted by Gasteiger charge is -2.11. The molecule has 0 radical (unpaired) electrons. The van der Waals surface area contributed by atoms with Gasteiger partial charge in [0.2, 0.25) is 0 Å². The summed E-state index contributed by atoms with van der Waals surface area (Å²) in [5.74, 6) is -0.296. The van der Waals surface area contributed by atoms with Gasteiger partial charge in [0.05, 0.1) is 17.9 Å². The molecule has 1 aromatic carbocycles. The highest BCUT2D eigenvalue weighted by molar-refractivity contribution is 7.71. The number of hydrogen-bond acceptors (Lipinski definition) is 5. The fraction of sp³-hybridized carbons (Fsp3) is 0.250. The predicted molar refractivity (Wildman–Crippen MR) is 86.9 cm³/mol. The number of rotatable bonds is 5. The van der Waals surface area contributed by atoms with Crippen LogP contribution in [0.25, 0.3) is 11.3 Å². The number of benzene rings is 1. The Morgan fingerprint density at radius 3 is 2.83 bits per heavy atom. The fourth-order valence-corrected chi connectivity index (χ4v) is 2.09. The summed E-state index contributed by atoms with van der Waals surface area (Å²) in [5.41, 5.74) is 1.29. The van der Waals surface area contributed by atoms with Crippen LogP contribution in [0.15, 0.2) is 24.3 Å². The van der Waals surface area contributed by atoms with Gasteiger partial charge in [-0.3, -0.25) is 0 Å². The van der Waals surface area contributed by atoms with Crippen LogP contribution in [0.3, 0.4) is 0 Å². The Balaban J connectivity index is 2.44. The molecule has 0 amide bonds. The van der Waals surface area contributed by atoms with Crippen LogP contribution in [-0.4, -0.2) is 27.7 Å². The van der Waals surface area contributed by atoms with E-state index in [0.717, 1.165) is 0 Å². The van der Waals surface area contributed by atoms with Gasteiger partial charge in [0.15, 0.2) is 4.77 Å². The number of nitrogens with one attached hydrogen (secondary N) is 1. The van der Waals surface area contributed by atoms with Crippen molar-refractivity contribution in [3.63, 3.8) is 0 Å². The first-order chi connectivity index (χ1) is 10.9. The highest BCUT2D eigenvalue weighted by atomic mass is 32.1. The van der Waals surface area contributed by atoms with Crippen molar-refractivity contribution in [2.75, 3.05) is 6.61 Å². The van der Waals surface area contributed by atoms with E-state index in [2.05, 4.69) is 16.0 Å². The van der Waals surface area contributed by atoms with Gasteiger partial charge in [-0.2, -0.15) is 5.26 Å². The molecule has 1 heterocycles. The number of carboxylic acids is 1.